The number of hydrogen-bond acceptors (Lipinski definition) is 3. The van der Waals surface area contributed by atoms with Gasteiger partial charge in [-0.05, 0) is 56.9 Å². The summed E-state index contributed by atoms with van der Waals surface area (Å²) in [6, 6.07) is 9.64. The van der Waals surface area contributed by atoms with E-state index in [1.807, 2.05) is 65.0 Å². The molecule has 0 unspecified atom stereocenters. The summed E-state index contributed by atoms with van der Waals surface area (Å²) in [4.78, 5) is 24.4. The smallest absolute Gasteiger partial charge is 0.339 e. The molecule has 0 atom stereocenters. The van der Waals surface area contributed by atoms with Crippen molar-refractivity contribution in [2.75, 3.05) is 11.9 Å². The van der Waals surface area contributed by atoms with Gasteiger partial charge in [0.15, 0.2) is 6.61 Å². The number of carbonyl (C=O) groups is 2. The van der Waals surface area contributed by atoms with Gasteiger partial charge in [0.2, 0.25) is 0 Å². The summed E-state index contributed by atoms with van der Waals surface area (Å²) in [6.45, 7) is 9.26. The van der Waals surface area contributed by atoms with Gasteiger partial charge in [0.25, 0.3) is 5.91 Å². The molecule has 1 amide bonds. The van der Waals surface area contributed by atoms with E-state index in [2.05, 4.69) is 5.32 Å². The Morgan fingerprint density at radius 2 is 1.46 bits per heavy atom. The van der Waals surface area contributed by atoms with E-state index in [1.54, 1.807) is 0 Å². The monoisotopic (exact) mass is 325 g/mol. The first-order valence-corrected chi connectivity index (χ1v) is 7.90. The molecule has 0 aliphatic heterocycles. The minimum Gasteiger partial charge on any atom is -0.452 e. The summed E-state index contributed by atoms with van der Waals surface area (Å²) in [7, 11) is 0. The first-order chi connectivity index (χ1) is 11.3. The number of aryl methyl sites for hydroxylation is 5. The minimum absolute atomic E-state index is 0.306. The number of carbonyl (C=O) groups excluding carboxylic acids is 2. The molecule has 0 saturated carbocycles. The molecule has 0 fully saturated rings. The molecule has 0 spiro atoms. The zero-order valence-electron chi connectivity index (χ0n) is 14.8. The molecule has 126 valence electrons. The molecule has 4 nitrogen and oxygen atoms in total. The molecule has 0 aliphatic carbocycles. The number of rotatable bonds is 4. The van der Waals surface area contributed by atoms with Crippen molar-refractivity contribution in [3.05, 3.63) is 63.7 Å². The number of benzene rings is 2. The van der Waals surface area contributed by atoms with Gasteiger partial charge in [-0.1, -0.05) is 35.9 Å². The van der Waals surface area contributed by atoms with Crippen LogP contribution in [-0.2, 0) is 9.53 Å². The Bertz CT molecular complexity index is 750. The predicted octanol–water partition coefficient (Wildman–Crippen LogP) is 4.02. The van der Waals surface area contributed by atoms with Crippen LogP contribution in [0.3, 0.4) is 0 Å². The highest BCUT2D eigenvalue weighted by Crippen LogP contribution is 2.20. The van der Waals surface area contributed by atoms with E-state index >= 15 is 0 Å². The van der Waals surface area contributed by atoms with Crippen LogP contribution < -0.4 is 5.32 Å². The summed E-state index contributed by atoms with van der Waals surface area (Å²) in [6.07, 6.45) is 0. The van der Waals surface area contributed by atoms with Crippen molar-refractivity contribution in [2.45, 2.75) is 34.6 Å². The van der Waals surface area contributed by atoms with Gasteiger partial charge in [0, 0.05) is 5.69 Å². The molecule has 0 bridgehead atoms. The quantitative estimate of drug-likeness (QED) is 0.864. The van der Waals surface area contributed by atoms with E-state index < -0.39 is 5.97 Å². The molecule has 24 heavy (non-hydrogen) atoms. The van der Waals surface area contributed by atoms with Crippen LogP contribution in [0.25, 0.3) is 0 Å². The van der Waals surface area contributed by atoms with E-state index in [9.17, 15) is 9.59 Å². The topological polar surface area (TPSA) is 55.4 Å². The molecule has 0 aromatic heterocycles. The molecular formula is C20H23NO3. The molecule has 1 N–H and O–H groups in total. The Hall–Kier alpha value is -2.62. The highest BCUT2D eigenvalue weighted by atomic mass is 16.5. The van der Waals surface area contributed by atoms with Crippen molar-refractivity contribution in [3.63, 3.8) is 0 Å². The van der Waals surface area contributed by atoms with Gasteiger partial charge in [0.05, 0.1) is 5.56 Å². The molecule has 2 rings (SSSR count). The van der Waals surface area contributed by atoms with Gasteiger partial charge in [-0.15, -0.1) is 0 Å². The first kappa shape index (κ1) is 17.7. The van der Waals surface area contributed by atoms with Crippen LogP contribution in [0.4, 0.5) is 5.69 Å². The second-order valence-corrected chi connectivity index (χ2v) is 6.16. The van der Waals surface area contributed by atoms with E-state index in [-0.39, 0.29) is 12.5 Å². The SMILES string of the molecule is Cc1cc(C)c(C(=O)OCC(=O)Nc2c(C)cccc2C)c(C)c1. The lowest BCUT2D eigenvalue weighted by molar-refractivity contribution is -0.119. The third-order valence-corrected chi connectivity index (χ3v) is 3.96. The summed E-state index contributed by atoms with van der Waals surface area (Å²) >= 11 is 0. The molecular weight excluding hydrogens is 302 g/mol. The minimum atomic E-state index is -0.471. The standard InChI is InChI=1S/C20H23NO3/c1-12-9-15(4)18(16(5)10-12)20(23)24-11-17(22)21-19-13(2)7-6-8-14(19)3/h6-10H,11H2,1-5H3,(H,21,22). The zero-order valence-corrected chi connectivity index (χ0v) is 14.8. The van der Waals surface area contributed by atoms with E-state index in [0.717, 1.165) is 33.5 Å². The lowest BCUT2D eigenvalue weighted by Crippen LogP contribution is -2.22. The average Bonchev–Trinajstić information content (AvgIpc) is 2.48. The van der Waals surface area contributed by atoms with Crippen molar-refractivity contribution < 1.29 is 14.3 Å². The van der Waals surface area contributed by atoms with Gasteiger partial charge >= 0.3 is 5.97 Å². The van der Waals surface area contributed by atoms with E-state index in [4.69, 9.17) is 4.74 Å². The Morgan fingerprint density at radius 1 is 0.917 bits per heavy atom. The summed E-state index contributed by atoms with van der Waals surface area (Å²) in [5, 5.41) is 2.81. The van der Waals surface area contributed by atoms with Crippen LogP contribution in [-0.4, -0.2) is 18.5 Å². The largest absolute Gasteiger partial charge is 0.452 e. The van der Waals surface area contributed by atoms with Crippen LogP contribution in [0.5, 0.6) is 0 Å². The van der Waals surface area contributed by atoms with Gasteiger partial charge in [0.1, 0.15) is 0 Å². The number of nitrogens with one attached hydrogen (secondary N) is 1. The van der Waals surface area contributed by atoms with Gasteiger partial charge in [-0.2, -0.15) is 0 Å². The summed E-state index contributed by atoms with van der Waals surface area (Å²) in [5.74, 6) is -0.815. The molecule has 2 aromatic carbocycles. The predicted molar refractivity (Wildman–Crippen MR) is 95.5 cm³/mol. The van der Waals surface area contributed by atoms with Crippen molar-refractivity contribution in [1.82, 2.24) is 0 Å². The molecule has 0 heterocycles. The number of anilines is 1. The summed E-state index contributed by atoms with van der Waals surface area (Å²) < 4.78 is 5.19. The fourth-order valence-electron chi connectivity index (χ4n) is 2.89. The Kier molecular flexibility index (Phi) is 5.39. The van der Waals surface area contributed by atoms with Crippen molar-refractivity contribution in [2.24, 2.45) is 0 Å². The van der Waals surface area contributed by atoms with Gasteiger partial charge < -0.3 is 10.1 Å². The molecule has 0 radical (unpaired) electrons. The number of para-hydroxylation sites is 1. The first-order valence-electron chi connectivity index (χ1n) is 7.90. The van der Waals surface area contributed by atoms with Crippen LogP contribution in [0.2, 0.25) is 0 Å². The van der Waals surface area contributed by atoms with E-state index in [1.165, 1.54) is 0 Å². The second kappa shape index (κ2) is 7.30. The molecule has 2 aromatic rings. The van der Waals surface area contributed by atoms with Crippen molar-refractivity contribution in [3.8, 4) is 0 Å². The lowest BCUT2D eigenvalue weighted by atomic mass is 10.00. The second-order valence-electron chi connectivity index (χ2n) is 6.16. The highest BCUT2D eigenvalue weighted by molar-refractivity contribution is 5.97. The Balaban J connectivity index is 2.03. The van der Waals surface area contributed by atoms with E-state index in [0.29, 0.717) is 5.56 Å². The molecule has 0 aliphatic rings. The van der Waals surface area contributed by atoms with Crippen LogP contribution in [0.15, 0.2) is 30.3 Å². The Morgan fingerprint density at radius 3 is 2.00 bits per heavy atom. The van der Waals surface area contributed by atoms with Crippen molar-refractivity contribution >= 4 is 17.6 Å². The molecule has 4 heteroatoms. The highest BCUT2D eigenvalue weighted by Gasteiger charge is 2.16. The zero-order chi connectivity index (χ0) is 17.9. The van der Waals surface area contributed by atoms with Crippen LogP contribution in [0.1, 0.15) is 38.2 Å². The maximum Gasteiger partial charge on any atom is 0.339 e. The fraction of sp³-hybridized carbons (Fsp3) is 0.300. The number of amides is 1. The van der Waals surface area contributed by atoms with Crippen LogP contribution in [0, 0.1) is 34.6 Å². The Labute approximate surface area is 142 Å². The van der Waals surface area contributed by atoms with Crippen molar-refractivity contribution in [1.29, 1.82) is 0 Å². The average molecular weight is 325 g/mol. The maximum atomic E-state index is 12.3. The maximum absolute atomic E-state index is 12.3. The fourth-order valence-corrected chi connectivity index (χ4v) is 2.89. The third-order valence-electron chi connectivity index (χ3n) is 3.96. The number of esters is 1. The normalized spacial score (nSPS) is 10.4. The van der Waals surface area contributed by atoms with Gasteiger partial charge in [-0.25, -0.2) is 4.79 Å². The summed E-state index contributed by atoms with van der Waals surface area (Å²) in [5.41, 5.74) is 6.04. The number of hydrogen-bond donors (Lipinski definition) is 1. The number of ether oxygens (including phenoxy) is 1. The molecule has 0 saturated heterocycles. The third kappa shape index (κ3) is 4.02. The van der Waals surface area contributed by atoms with Gasteiger partial charge in [-0.3, -0.25) is 4.79 Å². The lowest BCUT2D eigenvalue weighted by Gasteiger charge is -2.13. The van der Waals surface area contributed by atoms with Crippen LogP contribution >= 0.6 is 0 Å².